The van der Waals surface area contributed by atoms with E-state index < -0.39 is 0 Å². The Labute approximate surface area is 86.8 Å². The zero-order valence-electron chi connectivity index (χ0n) is 8.29. The van der Waals surface area contributed by atoms with Gasteiger partial charge in [0, 0.05) is 25.0 Å². The first-order valence-corrected chi connectivity index (χ1v) is 4.53. The predicted octanol–water partition coefficient (Wildman–Crippen LogP) is 0.636. The van der Waals surface area contributed by atoms with Gasteiger partial charge in [-0.3, -0.25) is 14.5 Å². The standard InChI is InChI=1S/C10H10N4O/c1-14-10(12-7-13-14)5-9(15)8-3-2-4-11-6-8/h2-4,6-7H,5H2,1H3. The topological polar surface area (TPSA) is 60.7 Å². The van der Waals surface area contributed by atoms with Crippen LogP contribution in [-0.2, 0) is 13.5 Å². The molecule has 0 bridgehead atoms. The van der Waals surface area contributed by atoms with Gasteiger partial charge in [-0.25, -0.2) is 4.98 Å². The summed E-state index contributed by atoms with van der Waals surface area (Å²) in [4.78, 5) is 19.6. The van der Waals surface area contributed by atoms with Gasteiger partial charge < -0.3 is 0 Å². The fourth-order valence-electron chi connectivity index (χ4n) is 1.25. The molecule has 0 atom stereocenters. The molecule has 2 heterocycles. The highest BCUT2D eigenvalue weighted by Crippen LogP contribution is 2.02. The molecule has 0 saturated carbocycles. The van der Waals surface area contributed by atoms with Gasteiger partial charge in [0.1, 0.15) is 12.2 Å². The monoisotopic (exact) mass is 202 g/mol. The third-order valence-electron chi connectivity index (χ3n) is 2.11. The summed E-state index contributed by atoms with van der Waals surface area (Å²) in [7, 11) is 1.76. The Morgan fingerprint density at radius 3 is 3.00 bits per heavy atom. The third-order valence-corrected chi connectivity index (χ3v) is 2.11. The molecule has 15 heavy (non-hydrogen) atoms. The summed E-state index contributed by atoms with van der Waals surface area (Å²) >= 11 is 0. The molecule has 0 amide bonds. The Hall–Kier alpha value is -2.04. The maximum Gasteiger partial charge on any atom is 0.171 e. The highest BCUT2D eigenvalue weighted by molar-refractivity contribution is 5.96. The van der Waals surface area contributed by atoms with E-state index in [1.165, 1.54) is 6.33 Å². The van der Waals surface area contributed by atoms with Crippen molar-refractivity contribution in [2.24, 2.45) is 7.05 Å². The molecular weight excluding hydrogens is 192 g/mol. The normalized spacial score (nSPS) is 10.2. The number of Topliss-reactive ketones (excluding diaryl/α,β-unsaturated/α-hetero) is 1. The van der Waals surface area contributed by atoms with Crippen molar-refractivity contribution in [2.45, 2.75) is 6.42 Å². The lowest BCUT2D eigenvalue weighted by Crippen LogP contribution is -2.09. The van der Waals surface area contributed by atoms with Gasteiger partial charge in [0.05, 0.1) is 6.42 Å². The molecule has 0 saturated heterocycles. The molecule has 0 aliphatic carbocycles. The fraction of sp³-hybridized carbons (Fsp3) is 0.200. The van der Waals surface area contributed by atoms with Crippen molar-refractivity contribution >= 4 is 5.78 Å². The predicted molar refractivity (Wildman–Crippen MR) is 53.3 cm³/mol. The summed E-state index contributed by atoms with van der Waals surface area (Å²) < 4.78 is 1.59. The van der Waals surface area contributed by atoms with Crippen LogP contribution >= 0.6 is 0 Å². The lowest BCUT2D eigenvalue weighted by atomic mass is 10.1. The van der Waals surface area contributed by atoms with Crippen LogP contribution < -0.4 is 0 Å². The van der Waals surface area contributed by atoms with Gasteiger partial charge in [-0.2, -0.15) is 5.10 Å². The first kappa shape index (κ1) is 9.51. The van der Waals surface area contributed by atoms with E-state index in [1.54, 1.807) is 36.3 Å². The summed E-state index contributed by atoms with van der Waals surface area (Å²) in [5, 5.41) is 3.90. The van der Waals surface area contributed by atoms with E-state index in [1.807, 2.05) is 0 Å². The molecule has 0 aliphatic rings. The molecule has 0 fully saturated rings. The van der Waals surface area contributed by atoms with Crippen LogP contribution in [0.4, 0.5) is 0 Å². The number of aromatic nitrogens is 4. The molecule has 0 N–H and O–H groups in total. The minimum absolute atomic E-state index is 0.000741. The van der Waals surface area contributed by atoms with E-state index in [0.29, 0.717) is 11.4 Å². The van der Waals surface area contributed by atoms with Crippen molar-refractivity contribution in [3.8, 4) is 0 Å². The second kappa shape index (κ2) is 4.00. The molecule has 5 heteroatoms. The number of pyridine rings is 1. The maximum absolute atomic E-state index is 11.7. The second-order valence-corrected chi connectivity index (χ2v) is 3.14. The van der Waals surface area contributed by atoms with E-state index in [2.05, 4.69) is 15.1 Å². The number of carbonyl (C=O) groups excluding carboxylic acids is 1. The molecule has 2 rings (SSSR count). The Morgan fingerprint density at radius 2 is 2.40 bits per heavy atom. The maximum atomic E-state index is 11.7. The number of ketones is 1. The van der Waals surface area contributed by atoms with Crippen LogP contribution in [0.25, 0.3) is 0 Å². The summed E-state index contributed by atoms with van der Waals surface area (Å²) in [5.41, 5.74) is 0.598. The van der Waals surface area contributed by atoms with E-state index >= 15 is 0 Å². The molecule has 0 spiro atoms. The van der Waals surface area contributed by atoms with Gasteiger partial charge in [0.25, 0.3) is 0 Å². The average molecular weight is 202 g/mol. The van der Waals surface area contributed by atoms with Crippen molar-refractivity contribution < 1.29 is 4.79 Å². The van der Waals surface area contributed by atoms with Crippen molar-refractivity contribution in [3.63, 3.8) is 0 Å². The number of hydrogen-bond acceptors (Lipinski definition) is 4. The molecular formula is C10H10N4O. The van der Waals surface area contributed by atoms with Crippen LogP contribution in [-0.4, -0.2) is 25.5 Å². The quantitative estimate of drug-likeness (QED) is 0.685. The fourth-order valence-corrected chi connectivity index (χ4v) is 1.25. The Morgan fingerprint density at radius 1 is 1.53 bits per heavy atom. The molecule has 76 valence electrons. The van der Waals surface area contributed by atoms with Crippen molar-refractivity contribution in [2.75, 3.05) is 0 Å². The van der Waals surface area contributed by atoms with Gasteiger partial charge >= 0.3 is 0 Å². The molecule has 0 unspecified atom stereocenters. The Bertz CT molecular complexity index is 463. The lowest BCUT2D eigenvalue weighted by molar-refractivity contribution is 0.0989. The van der Waals surface area contributed by atoms with Crippen LogP contribution in [0.5, 0.6) is 0 Å². The Kier molecular flexibility index (Phi) is 2.53. The van der Waals surface area contributed by atoms with E-state index in [-0.39, 0.29) is 12.2 Å². The first-order chi connectivity index (χ1) is 7.27. The number of aryl methyl sites for hydroxylation is 1. The zero-order chi connectivity index (χ0) is 10.7. The largest absolute Gasteiger partial charge is 0.294 e. The van der Waals surface area contributed by atoms with Crippen LogP contribution in [0.15, 0.2) is 30.9 Å². The summed E-state index contributed by atoms with van der Waals surface area (Å²) in [6.45, 7) is 0. The average Bonchev–Trinajstić information content (AvgIpc) is 2.66. The Balaban J connectivity index is 2.15. The molecule has 2 aromatic rings. The smallest absolute Gasteiger partial charge is 0.171 e. The van der Waals surface area contributed by atoms with Gasteiger partial charge in [-0.1, -0.05) is 0 Å². The number of carbonyl (C=O) groups is 1. The van der Waals surface area contributed by atoms with Crippen LogP contribution in [0, 0.1) is 0 Å². The number of hydrogen-bond donors (Lipinski definition) is 0. The van der Waals surface area contributed by atoms with E-state index in [4.69, 9.17) is 0 Å². The lowest BCUT2D eigenvalue weighted by Gasteiger charge is -1.99. The summed E-state index contributed by atoms with van der Waals surface area (Å²) in [5.74, 6) is 0.656. The van der Waals surface area contributed by atoms with Crippen molar-refractivity contribution in [1.29, 1.82) is 0 Å². The highest BCUT2D eigenvalue weighted by atomic mass is 16.1. The number of nitrogens with zero attached hydrogens (tertiary/aromatic N) is 4. The summed E-state index contributed by atoms with van der Waals surface area (Å²) in [6.07, 6.45) is 4.88. The zero-order valence-corrected chi connectivity index (χ0v) is 8.29. The number of rotatable bonds is 3. The van der Waals surface area contributed by atoms with Crippen LogP contribution in [0.1, 0.15) is 16.2 Å². The van der Waals surface area contributed by atoms with Crippen molar-refractivity contribution in [1.82, 2.24) is 19.7 Å². The molecule has 5 nitrogen and oxygen atoms in total. The molecule has 0 radical (unpaired) electrons. The molecule has 0 aromatic carbocycles. The van der Waals surface area contributed by atoms with Gasteiger partial charge in [0.15, 0.2) is 5.78 Å². The summed E-state index contributed by atoms with van der Waals surface area (Å²) in [6, 6.07) is 3.48. The van der Waals surface area contributed by atoms with Crippen LogP contribution in [0.3, 0.4) is 0 Å². The third kappa shape index (κ3) is 2.07. The minimum Gasteiger partial charge on any atom is -0.294 e. The van der Waals surface area contributed by atoms with E-state index in [9.17, 15) is 4.79 Å². The van der Waals surface area contributed by atoms with Gasteiger partial charge in [-0.15, -0.1) is 0 Å². The molecule has 0 aliphatic heterocycles. The van der Waals surface area contributed by atoms with Gasteiger partial charge in [0.2, 0.25) is 0 Å². The minimum atomic E-state index is -0.000741. The highest BCUT2D eigenvalue weighted by Gasteiger charge is 2.10. The second-order valence-electron chi connectivity index (χ2n) is 3.14. The first-order valence-electron chi connectivity index (χ1n) is 4.53. The van der Waals surface area contributed by atoms with Crippen LogP contribution in [0.2, 0.25) is 0 Å². The van der Waals surface area contributed by atoms with Gasteiger partial charge in [-0.05, 0) is 12.1 Å². The molecule has 2 aromatic heterocycles. The van der Waals surface area contributed by atoms with E-state index in [0.717, 1.165) is 0 Å². The van der Waals surface area contributed by atoms with Crippen molar-refractivity contribution in [3.05, 3.63) is 42.2 Å². The SMILES string of the molecule is Cn1ncnc1CC(=O)c1cccnc1.